The normalized spacial score (nSPS) is 27.2. The van der Waals surface area contributed by atoms with Crippen molar-refractivity contribution in [2.24, 2.45) is 5.41 Å². The van der Waals surface area contributed by atoms with Crippen LogP contribution in [0, 0.1) is 5.41 Å². The van der Waals surface area contributed by atoms with Crippen LogP contribution in [0.15, 0.2) is 12.1 Å². The number of carbonyl (C=O) groups is 1. The van der Waals surface area contributed by atoms with Crippen LogP contribution < -0.4 is 16.4 Å². The minimum Gasteiger partial charge on any atom is -0.397 e. The van der Waals surface area contributed by atoms with E-state index in [2.05, 4.69) is 10.6 Å². The van der Waals surface area contributed by atoms with Gasteiger partial charge in [0.2, 0.25) is 5.91 Å². The first-order valence-electron chi connectivity index (χ1n) is 7.05. The molecule has 1 amide bonds. The molecule has 1 aromatic rings. The lowest BCUT2D eigenvalue weighted by atomic mass is 9.64. The van der Waals surface area contributed by atoms with Gasteiger partial charge in [0.1, 0.15) is 0 Å². The largest absolute Gasteiger partial charge is 0.397 e. The lowest BCUT2D eigenvalue weighted by Gasteiger charge is -2.50. The van der Waals surface area contributed by atoms with Crippen LogP contribution in [0.5, 0.6) is 0 Å². The Hall–Kier alpha value is -1.75. The highest BCUT2D eigenvalue weighted by molar-refractivity contribution is 5.95. The molecule has 1 aliphatic carbocycles. The van der Waals surface area contributed by atoms with Gasteiger partial charge in [-0.25, -0.2) is 0 Å². The number of nitrogen functional groups attached to an aromatic ring is 1. The van der Waals surface area contributed by atoms with Crippen molar-refractivity contribution in [2.45, 2.75) is 45.3 Å². The predicted octanol–water partition coefficient (Wildman–Crippen LogP) is 1.72. The summed E-state index contributed by atoms with van der Waals surface area (Å²) < 4.78 is 0. The molecular formula is C15H21N3O2. The van der Waals surface area contributed by atoms with E-state index in [-0.39, 0.29) is 23.5 Å². The SMILES string of the molecule is CC1(C)C(O)CC1Nc1cc2c(cc1N)CCC(=O)N2. The van der Waals surface area contributed by atoms with Crippen molar-refractivity contribution in [3.8, 4) is 0 Å². The first-order chi connectivity index (χ1) is 9.38. The van der Waals surface area contributed by atoms with Gasteiger partial charge in [-0.15, -0.1) is 0 Å². The fraction of sp³-hybridized carbons (Fsp3) is 0.533. The number of aryl methyl sites for hydroxylation is 1. The Morgan fingerprint density at radius 3 is 2.80 bits per heavy atom. The van der Waals surface area contributed by atoms with Gasteiger partial charge in [0.05, 0.1) is 17.5 Å². The number of hydrogen-bond donors (Lipinski definition) is 4. The van der Waals surface area contributed by atoms with Gasteiger partial charge in [-0.2, -0.15) is 0 Å². The Morgan fingerprint density at radius 1 is 1.40 bits per heavy atom. The van der Waals surface area contributed by atoms with E-state index in [1.807, 2.05) is 26.0 Å². The van der Waals surface area contributed by atoms with Crippen molar-refractivity contribution < 1.29 is 9.90 Å². The third kappa shape index (κ3) is 2.02. The molecule has 1 heterocycles. The van der Waals surface area contributed by atoms with Gasteiger partial charge in [-0.1, -0.05) is 13.8 Å². The fourth-order valence-corrected chi connectivity index (χ4v) is 2.91. The van der Waals surface area contributed by atoms with E-state index in [1.54, 1.807) is 0 Å². The third-order valence-electron chi connectivity index (χ3n) is 4.72. The van der Waals surface area contributed by atoms with Gasteiger partial charge >= 0.3 is 0 Å². The average Bonchev–Trinajstić information content (AvgIpc) is 2.39. The second kappa shape index (κ2) is 4.38. The van der Waals surface area contributed by atoms with E-state index < -0.39 is 0 Å². The van der Waals surface area contributed by atoms with Crippen LogP contribution in [0.4, 0.5) is 17.1 Å². The Bertz CT molecular complexity index is 568. The van der Waals surface area contributed by atoms with Crippen LogP contribution in [-0.2, 0) is 11.2 Å². The maximum absolute atomic E-state index is 11.5. The summed E-state index contributed by atoms with van der Waals surface area (Å²) in [6, 6.07) is 4.03. The van der Waals surface area contributed by atoms with Crippen molar-refractivity contribution in [3.05, 3.63) is 17.7 Å². The van der Waals surface area contributed by atoms with E-state index in [4.69, 9.17) is 5.73 Å². The zero-order valence-corrected chi connectivity index (χ0v) is 11.9. The van der Waals surface area contributed by atoms with Crippen LogP contribution in [-0.4, -0.2) is 23.2 Å². The molecule has 0 aromatic heterocycles. The molecule has 3 rings (SSSR count). The highest BCUT2D eigenvalue weighted by Gasteiger charge is 2.47. The Morgan fingerprint density at radius 2 is 2.15 bits per heavy atom. The minimum absolute atomic E-state index is 0.0487. The third-order valence-corrected chi connectivity index (χ3v) is 4.72. The summed E-state index contributed by atoms with van der Waals surface area (Å²) in [6.45, 7) is 4.07. The molecule has 2 unspecified atom stereocenters. The second-order valence-corrected chi connectivity index (χ2v) is 6.41. The number of hydrogen-bond acceptors (Lipinski definition) is 4. The van der Waals surface area contributed by atoms with Crippen molar-refractivity contribution in [3.63, 3.8) is 0 Å². The first-order valence-corrected chi connectivity index (χ1v) is 7.05. The van der Waals surface area contributed by atoms with Crippen molar-refractivity contribution in [2.75, 3.05) is 16.4 Å². The summed E-state index contributed by atoms with van der Waals surface area (Å²) in [6.07, 6.45) is 1.69. The van der Waals surface area contributed by atoms with Crippen LogP contribution in [0.25, 0.3) is 0 Å². The molecule has 1 aromatic carbocycles. The molecule has 0 radical (unpaired) electrons. The molecule has 1 aliphatic heterocycles. The number of aliphatic hydroxyl groups excluding tert-OH is 1. The molecule has 2 atom stereocenters. The molecule has 0 saturated heterocycles. The van der Waals surface area contributed by atoms with E-state index in [0.717, 1.165) is 29.8 Å². The molecule has 5 N–H and O–H groups in total. The molecule has 2 aliphatic rings. The summed E-state index contributed by atoms with van der Waals surface area (Å²) in [4.78, 5) is 11.5. The molecule has 1 saturated carbocycles. The Kier molecular flexibility index (Phi) is 2.90. The highest BCUT2D eigenvalue weighted by atomic mass is 16.3. The first kappa shape index (κ1) is 13.2. The molecule has 0 spiro atoms. The lowest BCUT2D eigenvalue weighted by molar-refractivity contribution is -0.116. The van der Waals surface area contributed by atoms with Crippen LogP contribution >= 0.6 is 0 Å². The van der Waals surface area contributed by atoms with Crippen molar-refractivity contribution >= 4 is 23.0 Å². The number of fused-ring (bicyclic) bond motifs is 1. The summed E-state index contributed by atoms with van der Waals surface area (Å²) in [7, 11) is 0. The number of amides is 1. The molecule has 108 valence electrons. The van der Waals surface area contributed by atoms with Crippen molar-refractivity contribution in [1.29, 1.82) is 0 Å². The maximum Gasteiger partial charge on any atom is 0.224 e. The lowest BCUT2D eigenvalue weighted by Crippen LogP contribution is -2.56. The predicted molar refractivity (Wildman–Crippen MR) is 79.6 cm³/mol. The van der Waals surface area contributed by atoms with Gasteiger partial charge in [-0.3, -0.25) is 4.79 Å². The molecule has 1 fully saturated rings. The number of nitrogens with one attached hydrogen (secondary N) is 2. The molecule has 0 bridgehead atoms. The summed E-state index contributed by atoms with van der Waals surface area (Å²) in [5.74, 6) is 0.0487. The second-order valence-electron chi connectivity index (χ2n) is 6.41. The topological polar surface area (TPSA) is 87.4 Å². The molecule has 5 heteroatoms. The van der Waals surface area contributed by atoms with E-state index in [9.17, 15) is 9.90 Å². The van der Waals surface area contributed by atoms with E-state index >= 15 is 0 Å². The van der Waals surface area contributed by atoms with E-state index in [1.165, 1.54) is 0 Å². The number of carbonyl (C=O) groups excluding carboxylic acids is 1. The van der Waals surface area contributed by atoms with E-state index in [0.29, 0.717) is 12.1 Å². The summed E-state index contributed by atoms with van der Waals surface area (Å²) >= 11 is 0. The minimum atomic E-state index is -0.279. The molecule has 20 heavy (non-hydrogen) atoms. The number of anilines is 3. The number of aliphatic hydroxyl groups is 1. The van der Waals surface area contributed by atoms with Crippen LogP contribution in [0.1, 0.15) is 32.3 Å². The van der Waals surface area contributed by atoms with Gasteiger partial charge < -0.3 is 21.5 Å². The zero-order chi connectivity index (χ0) is 14.5. The smallest absolute Gasteiger partial charge is 0.224 e. The van der Waals surface area contributed by atoms with Gasteiger partial charge in [0, 0.05) is 23.6 Å². The fourth-order valence-electron chi connectivity index (χ4n) is 2.91. The number of benzene rings is 1. The van der Waals surface area contributed by atoms with Crippen LogP contribution in [0.2, 0.25) is 0 Å². The van der Waals surface area contributed by atoms with Crippen molar-refractivity contribution in [1.82, 2.24) is 0 Å². The number of rotatable bonds is 2. The summed E-state index contributed by atoms with van der Waals surface area (Å²) in [5.41, 5.74) is 9.38. The van der Waals surface area contributed by atoms with Gasteiger partial charge in [0.15, 0.2) is 0 Å². The maximum atomic E-state index is 11.5. The Labute approximate surface area is 118 Å². The standard InChI is InChI=1S/C15H21N3O2/c1-15(2)12(7-13(15)19)17-11-6-10-8(5-9(11)16)3-4-14(20)18-10/h5-6,12-13,17,19H,3-4,7,16H2,1-2H3,(H,18,20). The Balaban J connectivity index is 1.84. The molecular weight excluding hydrogens is 254 g/mol. The van der Waals surface area contributed by atoms with Gasteiger partial charge in [0.25, 0.3) is 0 Å². The van der Waals surface area contributed by atoms with Crippen LogP contribution in [0.3, 0.4) is 0 Å². The number of nitrogens with two attached hydrogens (primary N) is 1. The summed E-state index contributed by atoms with van der Waals surface area (Å²) in [5, 5.41) is 16.1. The van der Waals surface area contributed by atoms with Gasteiger partial charge in [-0.05, 0) is 30.5 Å². The zero-order valence-electron chi connectivity index (χ0n) is 11.9. The monoisotopic (exact) mass is 275 g/mol. The average molecular weight is 275 g/mol. The molecule has 5 nitrogen and oxygen atoms in total. The highest BCUT2D eigenvalue weighted by Crippen LogP contribution is 2.43. The quantitative estimate of drug-likeness (QED) is 0.619.